The molecule has 0 aliphatic heterocycles. The average Bonchev–Trinajstić information content (AvgIpc) is 3.41. The van der Waals surface area contributed by atoms with Crippen molar-refractivity contribution in [2.24, 2.45) is 0 Å². The number of carboxylic acids is 1. The van der Waals surface area contributed by atoms with Gasteiger partial charge in [-0.05, 0) is 19.1 Å². The summed E-state index contributed by atoms with van der Waals surface area (Å²) >= 11 is 1.07. The van der Waals surface area contributed by atoms with E-state index < -0.39 is 11.8 Å². The molecule has 0 spiro atoms. The van der Waals surface area contributed by atoms with Crippen LogP contribution in [0.4, 0.5) is 10.2 Å². The highest BCUT2D eigenvalue weighted by atomic mass is 32.1. The van der Waals surface area contributed by atoms with Gasteiger partial charge in [0.05, 0.1) is 29.8 Å². The summed E-state index contributed by atoms with van der Waals surface area (Å²) in [6.07, 6.45) is 1.38. The number of thiophene rings is 1. The first-order valence-corrected chi connectivity index (χ1v) is 11.1. The first kappa shape index (κ1) is 23.0. The van der Waals surface area contributed by atoms with Gasteiger partial charge in [0.1, 0.15) is 41.2 Å². The number of nitrogens with zero attached hydrogens (tertiary/aromatic N) is 4. The third-order valence-electron chi connectivity index (χ3n) is 5.04. The number of benzene rings is 1. The maximum Gasteiger partial charge on any atom is 0.349 e. The second kappa shape index (κ2) is 9.76. The number of hydrogen-bond acceptors (Lipinski definition) is 8. The minimum Gasteiger partial charge on any atom is -0.496 e. The maximum absolute atomic E-state index is 14.0. The number of hydrogen-bond donors (Lipinski definition) is 2. The molecular weight excluding hydrogens is 461 g/mol. The van der Waals surface area contributed by atoms with Crippen molar-refractivity contribution in [2.45, 2.75) is 13.5 Å². The number of methoxy groups -OCH3 is 1. The Morgan fingerprint density at radius 2 is 2.09 bits per heavy atom. The first-order chi connectivity index (χ1) is 16.4. The minimum atomic E-state index is -1.06. The third-order valence-corrected chi connectivity index (χ3v) is 6.16. The van der Waals surface area contributed by atoms with E-state index in [1.54, 1.807) is 29.7 Å². The van der Waals surface area contributed by atoms with Crippen LogP contribution >= 0.6 is 11.3 Å². The van der Waals surface area contributed by atoms with E-state index in [-0.39, 0.29) is 4.88 Å². The van der Waals surface area contributed by atoms with Crippen LogP contribution in [0.2, 0.25) is 0 Å². The Labute approximate surface area is 198 Å². The highest BCUT2D eigenvalue weighted by molar-refractivity contribution is 7.17. The predicted octanol–water partition coefficient (Wildman–Crippen LogP) is 4.39. The van der Waals surface area contributed by atoms with Crippen LogP contribution in [0.5, 0.6) is 11.5 Å². The number of aromatic nitrogens is 3. The van der Waals surface area contributed by atoms with Crippen LogP contribution in [0.25, 0.3) is 21.5 Å². The lowest BCUT2D eigenvalue weighted by atomic mass is 10.2. The number of anilines is 1. The second-order valence-electron chi connectivity index (χ2n) is 7.09. The normalized spacial score (nSPS) is 10.8. The maximum atomic E-state index is 14.0. The first-order valence-electron chi connectivity index (χ1n) is 10.3. The van der Waals surface area contributed by atoms with Crippen molar-refractivity contribution in [2.75, 3.05) is 25.6 Å². The lowest BCUT2D eigenvalue weighted by Crippen LogP contribution is -2.12. The summed E-state index contributed by atoms with van der Waals surface area (Å²) < 4.78 is 26.4. The van der Waals surface area contributed by atoms with Crippen molar-refractivity contribution in [3.8, 4) is 28.1 Å². The molecule has 0 unspecified atom stereocenters. The standard InChI is InChI=1S/C23H20FN5O4S/c1-3-33-19-10-20(34-22(19)23(30)31)16-9-21(28-12-27-16)26-4-5-29-14(11-25)8-15-17(29)6-13(24)7-18(15)32-2/h6-10,12H,3-5H2,1-2H3,(H,30,31)(H,26,27,28). The molecule has 0 fully saturated rings. The van der Waals surface area contributed by atoms with Crippen LogP contribution in [-0.2, 0) is 6.54 Å². The Bertz CT molecular complexity index is 1410. The lowest BCUT2D eigenvalue weighted by Gasteiger charge is -2.10. The summed E-state index contributed by atoms with van der Waals surface area (Å²) in [6.45, 7) is 2.89. The van der Waals surface area contributed by atoms with Crippen LogP contribution in [0.15, 0.2) is 36.7 Å². The fourth-order valence-electron chi connectivity index (χ4n) is 3.59. The molecule has 0 aliphatic rings. The molecule has 3 aromatic heterocycles. The van der Waals surface area contributed by atoms with Gasteiger partial charge >= 0.3 is 5.97 Å². The Morgan fingerprint density at radius 1 is 1.26 bits per heavy atom. The lowest BCUT2D eigenvalue weighted by molar-refractivity contribution is 0.0698. The SMILES string of the molecule is CCOc1cc(-c2cc(NCCn3c(C#N)cc4c(OC)cc(F)cc43)ncn2)sc1C(=O)O. The molecule has 0 atom stereocenters. The number of carbonyl (C=O) groups is 1. The van der Waals surface area contributed by atoms with Gasteiger partial charge in [-0.3, -0.25) is 0 Å². The van der Waals surface area contributed by atoms with E-state index in [1.165, 1.54) is 25.6 Å². The van der Waals surface area contributed by atoms with Crippen LogP contribution in [0, 0.1) is 17.1 Å². The fraction of sp³-hybridized carbons (Fsp3) is 0.217. The summed E-state index contributed by atoms with van der Waals surface area (Å²) in [5, 5.41) is 22.8. The number of halogens is 1. The van der Waals surface area contributed by atoms with E-state index in [2.05, 4.69) is 21.4 Å². The van der Waals surface area contributed by atoms with E-state index in [4.69, 9.17) is 9.47 Å². The molecule has 0 amide bonds. The molecule has 9 nitrogen and oxygen atoms in total. The third kappa shape index (κ3) is 4.49. The van der Waals surface area contributed by atoms with E-state index >= 15 is 0 Å². The molecule has 34 heavy (non-hydrogen) atoms. The molecule has 3 heterocycles. The number of nitriles is 1. The van der Waals surface area contributed by atoms with E-state index in [1.807, 2.05) is 0 Å². The summed E-state index contributed by atoms with van der Waals surface area (Å²) in [5.41, 5.74) is 1.49. The van der Waals surface area contributed by atoms with Crippen molar-refractivity contribution < 1.29 is 23.8 Å². The number of nitrogens with one attached hydrogen (secondary N) is 1. The van der Waals surface area contributed by atoms with E-state index in [0.717, 1.165) is 11.3 Å². The summed E-state index contributed by atoms with van der Waals surface area (Å²) in [7, 11) is 1.45. The minimum absolute atomic E-state index is 0.108. The van der Waals surface area contributed by atoms with Gasteiger partial charge < -0.3 is 24.5 Å². The predicted molar refractivity (Wildman–Crippen MR) is 125 cm³/mol. The molecule has 0 saturated carbocycles. The van der Waals surface area contributed by atoms with Crippen molar-refractivity contribution in [3.63, 3.8) is 0 Å². The van der Waals surface area contributed by atoms with Crippen molar-refractivity contribution in [3.05, 3.63) is 53.0 Å². The molecular formula is C23H20FN5O4S. The zero-order chi connectivity index (χ0) is 24.2. The van der Waals surface area contributed by atoms with Crippen LogP contribution in [0.3, 0.4) is 0 Å². The van der Waals surface area contributed by atoms with Gasteiger partial charge in [0.15, 0.2) is 4.88 Å². The smallest absolute Gasteiger partial charge is 0.349 e. The molecule has 0 bridgehead atoms. The Balaban J connectivity index is 1.54. The molecule has 4 aromatic rings. The summed E-state index contributed by atoms with van der Waals surface area (Å²) in [5.74, 6) is -0.333. The zero-order valence-corrected chi connectivity index (χ0v) is 19.1. The number of aromatic carboxylic acids is 1. The van der Waals surface area contributed by atoms with Gasteiger partial charge in [0, 0.05) is 36.7 Å². The van der Waals surface area contributed by atoms with Crippen molar-refractivity contribution >= 4 is 34.0 Å². The van der Waals surface area contributed by atoms with Crippen LogP contribution < -0.4 is 14.8 Å². The average molecular weight is 482 g/mol. The molecule has 0 saturated heterocycles. The topological polar surface area (TPSA) is 122 Å². The van der Waals surface area contributed by atoms with Gasteiger partial charge in [-0.2, -0.15) is 5.26 Å². The molecule has 2 N–H and O–H groups in total. The zero-order valence-electron chi connectivity index (χ0n) is 18.3. The second-order valence-corrected chi connectivity index (χ2v) is 8.14. The number of ether oxygens (including phenoxy) is 2. The van der Waals surface area contributed by atoms with Gasteiger partial charge in [0.2, 0.25) is 0 Å². The molecule has 174 valence electrons. The summed E-state index contributed by atoms with van der Waals surface area (Å²) in [4.78, 5) is 20.7. The molecule has 0 aliphatic carbocycles. The number of fused-ring (bicyclic) bond motifs is 1. The fourth-order valence-corrected chi connectivity index (χ4v) is 4.50. The van der Waals surface area contributed by atoms with Crippen LogP contribution in [-0.4, -0.2) is 45.9 Å². The molecule has 4 rings (SSSR count). The Morgan fingerprint density at radius 3 is 2.79 bits per heavy atom. The van der Waals surface area contributed by atoms with Gasteiger partial charge in [0.25, 0.3) is 0 Å². The van der Waals surface area contributed by atoms with Gasteiger partial charge in [-0.15, -0.1) is 11.3 Å². The number of carboxylic acid groups (broad SMARTS) is 1. The van der Waals surface area contributed by atoms with Crippen LogP contribution in [0.1, 0.15) is 22.3 Å². The molecule has 0 radical (unpaired) electrons. The monoisotopic (exact) mass is 481 g/mol. The Kier molecular flexibility index (Phi) is 6.60. The van der Waals surface area contributed by atoms with E-state index in [0.29, 0.717) is 64.2 Å². The largest absolute Gasteiger partial charge is 0.496 e. The molecule has 1 aromatic carbocycles. The highest BCUT2D eigenvalue weighted by Gasteiger charge is 2.19. The summed E-state index contributed by atoms with van der Waals surface area (Å²) in [6, 6.07) is 9.81. The van der Waals surface area contributed by atoms with Gasteiger partial charge in [-0.25, -0.2) is 19.2 Å². The highest BCUT2D eigenvalue weighted by Crippen LogP contribution is 2.36. The quantitative estimate of drug-likeness (QED) is 0.361. The Hall–Kier alpha value is -4.17. The van der Waals surface area contributed by atoms with Crippen molar-refractivity contribution in [1.82, 2.24) is 14.5 Å². The van der Waals surface area contributed by atoms with Crippen molar-refractivity contribution in [1.29, 1.82) is 5.26 Å². The van der Waals surface area contributed by atoms with Gasteiger partial charge in [-0.1, -0.05) is 0 Å². The van der Waals surface area contributed by atoms with E-state index in [9.17, 15) is 19.6 Å². The molecule has 11 heteroatoms. The number of rotatable bonds is 9.